The van der Waals surface area contributed by atoms with Crippen molar-refractivity contribution in [2.45, 2.75) is 6.61 Å². The van der Waals surface area contributed by atoms with Crippen molar-refractivity contribution < 1.29 is 14.6 Å². The average molecular weight is 200 g/mol. The quantitative estimate of drug-likeness (QED) is 0.685. The summed E-state index contributed by atoms with van der Waals surface area (Å²) in [4.78, 5) is 11.2. The summed E-state index contributed by atoms with van der Waals surface area (Å²) in [6, 6.07) is 4.74. The van der Waals surface area contributed by atoms with Gasteiger partial charge in [-0.3, -0.25) is 0 Å². The zero-order valence-corrected chi connectivity index (χ0v) is 7.80. The summed E-state index contributed by atoms with van der Waals surface area (Å²) in [5.74, 6) is -0.573. The van der Waals surface area contributed by atoms with Gasteiger partial charge < -0.3 is 4.74 Å². The first-order valence-electron chi connectivity index (χ1n) is 3.64. The van der Waals surface area contributed by atoms with Crippen molar-refractivity contribution in [3.05, 3.63) is 34.3 Å². The van der Waals surface area contributed by atoms with Gasteiger partial charge in [0.1, 0.15) is 6.61 Å². The Kier molecular flexibility index (Phi) is 3.28. The molecule has 0 unspecified atom stereocenters. The van der Waals surface area contributed by atoms with E-state index in [9.17, 15) is 9.90 Å². The van der Waals surface area contributed by atoms with E-state index in [0.29, 0.717) is 5.56 Å². The second-order valence-corrected chi connectivity index (χ2v) is 2.82. The van der Waals surface area contributed by atoms with Crippen molar-refractivity contribution in [3.8, 4) is 0 Å². The molecule has 0 bridgehead atoms. The van der Waals surface area contributed by atoms with Gasteiger partial charge >= 0.3 is 5.97 Å². The Morgan fingerprint density at radius 2 is 2.23 bits per heavy atom. The SMILES string of the molecule is COC(=O)c1c(Cl)cccc1C[O]. The maximum absolute atomic E-state index is 11.2. The number of benzene rings is 1. The molecule has 0 aliphatic rings. The summed E-state index contributed by atoms with van der Waals surface area (Å²) in [5, 5.41) is 10.9. The maximum atomic E-state index is 11.2. The zero-order valence-electron chi connectivity index (χ0n) is 7.04. The Morgan fingerprint density at radius 1 is 1.54 bits per heavy atom. The van der Waals surface area contributed by atoms with Crippen LogP contribution in [-0.2, 0) is 16.5 Å². The Labute approximate surface area is 80.9 Å². The molecule has 0 amide bonds. The summed E-state index contributed by atoms with van der Waals surface area (Å²) < 4.78 is 4.50. The number of hydrogen-bond acceptors (Lipinski definition) is 2. The molecule has 4 heteroatoms. The van der Waals surface area contributed by atoms with Crippen LogP contribution in [0.15, 0.2) is 18.2 Å². The van der Waals surface area contributed by atoms with Crippen LogP contribution in [-0.4, -0.2) is 13.1 Å². The zero-order chi connectivity index (χ0) is 9.84. The molecule has 0 aliphatic heterocycles. The van der Waals surface area contributed by atoms with Gasteiger partial charge in [0.2, 0.25) is 0 Å². The minimum Gasteiger partial charge on any atom is -0.465 e. The first-order chi connectivity index (χ1) is 6.20. The number of rotatable bonds is 2. The minimum atomic E-state index is -0.573. The molecule has 0 atom stereocenters. The first-order valence-corrected chi connectivity index (χ1v) is 4.02. The molecule has 69 valence electrons. The summed E-state index contributed by atoms with van der Waals surface area (Å²) in [6.45, 7) is -0.481. The lowest BCUT2D eigenvalue weighted by atomic mass is 10.1. The van der Waals surface area contributed by atoms with Crippen LogP contribution in [0.2, 0.25) is 5.02 Å². The molecular weight excluding hydrogens is 192 g/mol. The number of esters is 1. The highest BCUT2D eigenvalue weighted by Gasteiger charge is 2.14. The number of hydrogen-bond donors (Lipinski definition) is 0. The van der Waals surface area contributed by atoms with E-state index >= 15 is 0 Å². The Morgan fingerprint density at radius 3 is 2.77 bits per heavy atom. The van der Waals surface area contributed by atoms with Crippen LogP contribution in [0.1, 0.15) is 15.9 Å². The van der Waals surface area contributed by atoms with Crippen LogP contribution in [0.25, 0.3) is 0 Å². The Bertz CT molecular complexity index is 323. The lowest BCUT2D eigenvalue weighted by Crippen LogP contribution is -2.06. The standard InChI is InChI=1S/C9H8ClO3/c1-13-9(12)8-6(5-11)3-2-4-7(8)10/h2-4H,5H2,1H3. The van der Waals surface area contributed by atoms with E-state index in [4.69, 9.17) is 11.6 Å². The summed E-state index contributed by atoms with van der Waals surface area (Å²) in [5.41, 5.74) is 0.529. The lowest BCUT2D eigenvalue weighted by Gasteiger charge is -2.05. The topological polar surface area (TPSA) is 46.2 Å². The third kappa shape index (κ3) is 1.99. The van der Waals surface area contributed by atoms with E-state index in [1.54, 1.807) is 18.2 Å². The van der Waals surface area contributed by atoms with Crippen molar-refractivity contribution in [1.82, 2.24) is 0 Å². The van der Waals surface area contributed by atoms with Crippen LogP contribution < -0.4 is 0 Å². The molecule has 0 saturated carbocycles. The maximum Gasteiger partial charge on any atom is 0.339 e. The summed E-state index contributed by atoms with van der Waals surface area (Å²) in [7, 11) is 1.25. The van der Waals surface area contributed by atoms with E-state index in [1.165, 1.54) is 7.11 Å². The molecule has 0 heterocycles. The molecule has 0 N–H and O–H groups in total. The highest BCUT2D eigenvalue weighted by Crippen LogP contribution is 2.20. The fourth-order valence-electron chi connectivity index (χ4n) is 1.02. The largest absolute Gasteiger partial charge is 0.465 e. The average Bonchev–Trinajstić information content (AvgIpc) is 2.16. The molecule has 0 spiro atoms. The van der Waals surface area contributed by atoms with Gasteiger partial charge in [-0.1, -0.05) is 23.7 Å². The fraction of sp³-hybridized carbons (Fsp3) is 0.222. The minimum absolute atomic E-state index is 0.168. The van der Waals surface area contributed by atoms with Gasteiger partial charge in [0.05, 0.1) is 17.7 Å². The molecule has 1 rings (SSSR count). The highest BCUT2D eigenvalue weighted by atomic mass is 35.5. The molecule has 13 heavy (non-hydrogen) atoms. The molecular formula is C9H8ClO3. The van der Waals surface area contributed by atoms with E-state index in [2.05, 4.69) is 4.74 Å². The van der Waals surface area contributed by atoms with E-state index in [1.807, 2.05) is 0 Å². The third-order valence-corrected chi connectivity index (χ3v) is 1.96. The van der Waals surface area contributed by atoms with Gasteiger partial charge in [-0.15, -0.1) is 0 Å². The molecule has 0 aliphatic carbocycles. The molecule has 1 aromatic carbocycles. The summed E-state index contributed by atoms with van der Waals surface area (Å²) >= 11 is 5.74. The van der Waals surface area contributed by atoms with Crippen molar-refractivity contribution in [2.24, 2.45) is 0 Å². The monoisotopic (exact) mass is 199 g/mol. The lowest BCUT2D eigenvalue weighted by molar-refractivity contribution is 0.0595. The van der Waals surface area contributed by atoms with E-state index in [0.717, 1.165) is 0 Å². The van der Waals surface area contributed by atoms with Crippen LogP contribution in [0.4, 0.5) is 0 Å². The van der Waals surface area contributed by atoms with Gasteiger partial charge in [0.15, 0.2) is 0 Å². The Hall–Kier alpha value is -1.06. The van der Waals surface area contributed by atoms with Crippen molar-refractivity contribution >= 4 is 17.6 Å². The predicted molar refractivity (Wildman–Crippen MR) is 47.2 cm³/mol. The first kappa shape index (κ1) is 10.0. The van der Waals surface area contributed by atoms with E-state index < -0.39 is 12.6 Å². The van der Waals surface area contributed by atoms with Gasteiger partial charge in [-0.25, -0.2) is 9.90 Å². The van der Waals surface area contributed by atoms with Crippen molar-refractivity contribution in [3.63, 3.8) is 0 Å². The van der Waals surface area contributed by atoms with Crippen molar-refractivity contribution in [2.75, 3.05) is 7.11 Å². The van der Waals surface area contributed by atoms with Crippen LogP contribution in [0, 0.1) is 0 Å². The third-order valence-electron chi connectivity index (χ3n) is 1.64. The second kappa shape index (κ2) is 4.25. The van der Waals surface area contributed by atoms with Gasteiger partial charge in [0, 0.05) is 0 Å². The number of methoxy groups -OCH3 is 1. The van der Waals surface area contributed by atoms with Crippen LogP contribution in [0.3, 0.4) is 0 Å². The molecule has 1 aromatic rings. The second-order valence-electron chi connectivity index (χ2n) is 2.41. The van der Waals surface area contributed by atoms with Crippen LogP contribution in [0.5, 0.6) is 0 Å². The van der Waals surface area contributed by atoms with Crippen LogP contribution >= 0.6 is 11.6 Å². The van der Waals surface area contributed by atoms with Crippen molar-refractivity contribution in [1.29, 1.82) is 0 Å². The smallest absolute Gasteiger partial charge is 0.339 e. The van der Waals surface area contributed by atoms with Gasteiger partial charge in [-0.05, 0) is 11.6 Å². The van der Waals surface area contributed by atoms with Gasteiger partial charge in [-0.2, -0.15) is 0 Å². The summed E-state index contributed by atoms with van der Waals surface area (Å²) in [6.07, 6.45) is 0. The number of halogens is 1. The number of carbonyl (C=O) groups excluding carboxylic acids is 1. The predicted octanol–water partition coefficient (Wildman–Crippen LogP) is 2.06. The normalized spacial score (nSPS) is 9.77. The molecule has 1 radical (unpaired) electrons. The Balaban J connectivity index is 3.22. The molecule has 0 fully saturated rings. The number of ether oxygens (including phenoxy) is 1. The molecule has 3 nitrogen and oxygen atoms in total. The fourth-order valence-corrected chi connectivity index (χ4v) is 1.29. The number of carbonyl (C=O) groups is 1. The van der Waals surface area contributed by atoms with E-state index in [-0.39, 0.29) is 10.6 Å². The highest BCUT2D eigenvalue weighted by molar-refractivity contribution is 6.33. The molecule has 0 saturated heterocycles. The van der Waals surface area contributed by atoms with Gasteiger partial charge in [0.25, 0.3) is 0 Å². The molecule has 0 aromatic heterocycles.